The second-order valence-corrected chi connectivity index (χ2v) is 4.72. The van der Waals surface area contributed by atoms with Crippen LogP contribution in [-0.4, -0.2) is 24.5 Å². The van der Waals surface area contributed by atoms with Gasteiger partial charge in [0, 0.05) is 24.0 Å². The fourth-order valence-corrected chi connectivity index (χ4v) is 1.96. The highest BCUT2D eigenvalue weighted by Crippen LogP contribution is 2.18. The van der Waals surface area contributed by atoms with Crippen LogP contribution in [0.5, 0.6) is 0 Å². The molecule has 0 saturated carbocycles. The van der Waals surface area contributed by atoms with Gasteiger partial charge in [0.1, 0.15) is 5.01 Å². The lowest BCUT2D eigenvalue weighted by molar-refractivity contribution is -0.121. The molecular formula is C10H19Cl2N3OS. The van der Waals surface area contributed by atoms with E-state index in [1.54, 1.807) is 11.3 Å². The molecule has 100 valence electrons. The van der Waals surface area contributed by atoms with Gasteiger partial charge in [0.05, 0.1) is 6.04 Å². The zero-order valence-electron chi connectivity index (χ0n) is 10.1. The van der Waals surface area contributed by atoms with Gasteiger partial charge in [-0.2, -0.15) is 0 Å². The highest BCUT2D eigenvalue weighted by Gasteiger charge is 2.11. The van der Waals surface area contributed by atoms with Crippen LogP contribution in [0.15, 0.2) is 6.20 Å². The number of hydrogen-bond acceptors (Lipinski definition) is 4. The summed E-state index contributed by atoms with van der Waals surface area (Å²) in [5, 5.41) is 6.82. The van der Waals surface area contributed by atoms with E-state index in [0.717, 1.165) is 5.01 Å². The number of amides is 1. The summed E-state index contributed by atoms with van der Waals surface area (Å²) in [4.78, 5) is 16.8. The maximum absolute atomic E-state index is 11.4. The minimum absolute atomic E-state index is 0. The van der Waals surface area contributed by atoms with E-state index in [2.05, 4.69) is 15.6 Å². The first-order valence-corrected chi connectivity index (χ1v) is 5.81. The molecule has 0 spiro atoms. The molecule has 17 heavy (non-hydrogen) atoms. The number of nitrogens with zero attached hydrogens (tertiary/aromatic N) is 1. The average molecular weight is 300 g/mol. The predicted molar refractivity (Wildman–Crippen MR) is 76.4 cm³/mol. The van der Waals surface area contributed by atoms with Crippen molar-refractivity contribution in [3.8, 4) is 0 Å². The molecule has 7 heteroatoms. The fourth-order valence-electron chi connectivity index (χ4n) is 1.19. The molecule has 1 atom stereocenters. The first-order valence-electron chi connectivity index (χ1n) is 4.99. The SMILES string of the molecule is CNCCC(=O)NC(C)c1ncc(C)s1.Cl.Cl. The van der Waals surface area contributed by atoms with Gasteiger partial charge in [-0.25, -0.2) is 4.98 Å². The van der Waals surface area contributed by atoms with Gasteiger partial charge >= 0.3 is 0 Å². The Morgan fingerprint density at radius 3 is 2.65 bits per heavy atom. The van der Waals surface area contributed by atoms with Crippen molar-refractivity contribution in [3.63, 3.8) is 0 Å². The second-order valence-electron chi connectivity index (χ2n) is 3.45. The molecule has 1 rings (SSSR count). The van der Waals surface area contributed by atoms with E-state index in [4.69, 9.17) is 0 Å². The molecule has 0 radical (unpaired) electrons. The Morgan fingerprint density at radius 2 is 2.18 bits per heavy atom. The molecule has 0 aliphatic heterocycles. The zero-order chi connectivity index (χ0) is 11.3. The maximum atomic E-state index is 11.4. The number of hydrogen-bond donors (Lipinski definition) is 2. The van der Waals surface area contributed by atoms with E-state index in [0.29, 0.717) is 13.0 Å². The Hall–Kier alpha value is -0.360. The third kappa shape index (κ3) is 6.83. The van der Waals surface area contributed by atoms with E-state index in [9.17, 15) is 4.79 Å². The van der Waals surface area contributed by atoms with Crippen LogP contribution in [0.4, 0.5) is 0 Å². The maximum Gasteiger partial charge on any atom is 0.221 e. The fraction of sp³-hybridized carbons (Fsp3) is 0.600. The van der Waals surface area contributed by atoms with Crippen molar-refractivity contribution >= 4 is 42.1 Å². The van der Waals surface area contributed by atoms with Crippen LogP contribution in [-0.2, 0) is 4.79 Å². The molecule has 4 nitrogen and oxygen atoms in total. The van der Waals surface area contributed by atoms with Crippen molar-refractivity contribution in [2.24, 2.45) is 0 Å². The van der Waals surface area contributed by atoms with Gasteiger partial charge < -0.3 is 10.6 Å². The summed E-state index contributed by atoms with van der Waals surface area (Å²) >= 11 is 1.62. The summed E-state index contributed by atoms with van der Waals surface area (Å²) in [5.74, 6) is 0.0599. The number of aromatic nitrogens is 1. The third-order valence-electron chi connectivity index (χ3n) is 1.99. The van der Waals surface area contributed by atoms with Crippen molar-refractivity contribution in [1.29, 1.82) is 0 Å². The van der Waals surface area contributed by atoms with Crippen LogP contribution < -0.4 is 10.6 Å². The molecule has 1 aromatic heterocycles. The predicted octanol–water partition coefficient (Wildman–Crippen LogP) is 2.08. The number of carbonyl (C=O) groups excluding carboxylic acids is 1. The summed E-state index contributed by atoms with van der Waals surface area (Å²) in [7, 11) is 1.83. The Morgan fingerprint density at radius 1 is 1.53 bits per heavy atom. The lowest BCUT2D eigenvalue weighted by Gasteiger charge is -2.10. The van der Waals surface area contributed by atoms with Crippen molar-refractivity contribution in [2.75, 3.05) is 13.6 Å². The molecule has 1 heterocycles. The third-order valence-corrected chi connectivity index (χ3v) is 3.08. The molecule has 0 aromatic carbocycles. The number of aryl methyl sites for hydroxylation is 1. The number of rotatable bonds is 5. The van der Waals surface area contributed by atoms with Crippen molar-refractivity contribution < 1.29 is 4.79 Å². The molecule has 0 aliphatic carbocycles. The van der Waals surface area contributed by atoms with E-state index in [-0.39, 0.29) is 36.8 Å². The lowest BCUT2D eigenvalue weighted by atomic mass is 10.3. The lowest BCUT2D eigenvalue weighted by Crippen LogP contribution is -2.28. The molecule has 0 aliphatic rings. The summed E-state index contributed by atoms with van der Waals surface area (Å²) in [6.45, 7) is 4.67. The topological polar surface area (TPSA) is 54.0 Å². The van der Waals surface area contributed by atoms with Crippen LogP contribution >= 0.6 is 36.2 Å². The Labute approximate surface area is 118 Å². The van der Waals surface area contributed by atoms with Gasteiger partial charge in [-0.05, 0) is 20.9 Å². The monoisotopic (exact) mass is 299 g/mol. The van der Waals surface area contributed by atoms with Gasteiger partial charge in [-0.1, -0.05) is 0 Å². The van der Waals surface area contributed by atoms with Gasteiger partial charge in [0.25, 0.3) is 0 Å². The molecule has 0 bridgehead atoms. The molecule has 0 saturated heterocycles. The Bertz CT molecular complexity index is 333. The van der Waals surface area contributed by atoms with Crippen LogP contribution in [0.2, 0.25) is 0 Å². The summed E-state index contributed by atoms with van der Waals surface area (Å²) in [6.07, 6.45) is 2.33. The number of nitrogens with one attached hydrogen (secondary N) is 2. The Kier molecular flexibility index (Phi) is 10.8. The van der Waals surface area contributed by atoms with Gasteiger partial charge in [0.15, 0.2) is 0 Å². The second kappa shape index (κ2) is 9.65. The van der Waals surface area contributed by atoms with E-state index < -0.39 is 0 Å². The van der Waals surface area contributed by atoms with E-state index in [1.165, 1.54) is 4.88 Å². The van der Waals surface area contributed by atoms with Gasteiger partial charge in [-0.15, -0.1) is 36.2 Å². The molecule has 1 unspecified atom stereocenters. The van der Waals surface area contributed by atoms with Crippen LogP contribution in [0.25, 0.3) is 0 Å². The smallest absolute Gasteiger partial charge is 0.221 e. The molecule has 0 fully saturated rings. The number of halogens is 2. The summed E-state index contributed by atoms with van der Waals surface area (Å²) in [6, 6.07) is 0.00746. The molecule has 1 amide bonds. The van der Waals surface area contributed by atoms with Crippen molar-refractivity contribution in [2.45, 2.75) is 26.3 Å². The first kappa shape index (κ1) is 19.0. The number of carbonyl (C=O) groups is 1. The van der Waals surface area contributed by atoms with E-state index >= 15 is 0 Å². The zero-order valence-corrected chi connectivity index (χ0v) is 12.6. The normalized spacial score (nSPS) is 11.0. The summed E-state index contributed by atoms with van der Waals surface area (Å²) in [5.41, 5.74) is 0. The standard InChI is InChI=1S/C10H17N3OS.2ClH/c1-7-6-12-10(15-7)8(2)13-9(14)4-5-11-3;;/h6,8,11H,4-5H2,1-3H3,(H,13,14);2*1H. The molecule has 2 N–H and O–H groups in total. The van der Waals surface area contributed by atoms with Crippen LogP contribution in [0.3, 0.4) is 0 Å². The van der Waals surface area contributed by atoms with Crippen LogP contribution in [0.1, 0.15) is 29.3 Å². The highest BCUT2D eigenvalue weighted by molar-refractivity contribution is 7.11. The molecular weight excluding hydrogens is 281 g/mol. The minimum Gasteiger partial charge on any atom is -0.347 e. The first-order chi connectivity index (χ1) is 7.13. The van der Waals surface area contributed by atoms with Crippen LogP contribution in [0, 0.1) is 6.92 Å². The minimum atomic E-state index is 0. The average Bonchev–Trinajstić information content (AvgIpc) is 2.61. The molecule has 1 aromatic rings. The largest absolute Gasteiger partial charge is 0.347 e. The van der Waals surface area contributed by atoms with E-state index in [1.807, 2.05) is 27.1 Å². The van der Waals surface area contributed by atoms with Gasteiger partial charge in [0.2, 0.25) is 5.91 Å². The quantitative estimate of drug-likeness (QED) is 0.875. The summed E-state index contributed by atoms with van der Waals surface area (Å²) < 4.78 is 0. The highest BCUT2D eigenvalue weighted by atomic mass is 35.5. The Balaban J connectivity index is 0. The van der Waals surface area contributed by atoms with Crippen molar-refractivity contribution in [3.05, 3.63) is 16.1 Å². The van der Waals surface area contributed by atoms with Crippen molar-refractivity contribution in [1.82, 2.24) is 15.6 Å². The number of thiazole rings is 1. The van der Waals surface area contributed by atoms with Gasteiger partial charge in [-0.3, -0.25) is 4.79 Å².